The van der Waals surface area contributed by atoms with E-state index in [9.17, 15) is 4.79 Å². The van der Waals surface area contributed by atoms with E-state index in [0.29, 0.717) is 5.84 Å². The molecule has 0 atom stereocenters. The molecule has 2 N–H and O–H groups in total. The Labute approximate surface area is 60.0 Å². The van der Waals surface area contributed by atoms with Crippen LogP contribution in [0.25, 0.3) is 0 Å². The van der Waals surface area contributed by atoms with Crippen molar-refractivity contribution < 1.29 is 9.63 Å². The van der Waals surface area contributed by atoms with Crippen LogP contribution >= 0.6 is 0 Å². The van der Waals surface area contributed by atoms with Gasteiger partial charge in [0.1, 0.15) is 5.84 Å². The van der Waals surface area contributed by atoms with E-state index >= 15 is 0 Å². The fourth-order valence-corrected chi connectivity index (χ4v) is 0.222. The highest BCUT2D eigenvalue weighted by atomic mass is 16.7. The molecule has 0 aliphatic rings. The van der Waals surface area contributed by atoms with E-state index in [1.807, 2.05) is 13.8 Å². The zero-order chi connectivity index (χ0) is 8.15. The molecule has 0 rings (SSSR count). The molecule has 0 radical (unpaired) electrons. The lowest BCUT2D eigenvalue weighted by Crippen LogP contribution is -2.19. The van der Waals surface area contributed by atoms with E-state index in [4.69, 9.17) is 5.73 Å². The normalized spacial score (nSPS) is 11.8. The van der Waals surface area contributed by atoms with Gasteiger partial charge < -0.3 is 10.6 Å². The topological polar surface area (TPSA) is 64.7 Å². The van der Waals surface area contributed by atoms with Crippen molar-refractivity contribution in [3.05, 3.63) is 0 Å². The molecule has 0 heterocycles. The Hall–Kier alpha value is -1.06. The van der Waals surface area contributed by atoms with Crippen LogP contribution < -0.4 is 5.73 Å². The number of amidine groups is 1. The van der Waals surface area contributed by atoms with Crippen LogP contribution in [0.15, 0.2) is 5.16 Å². The molecule has 4 heteroatoms. The average molecular weight is 144 g/mol. The third kappa shape index (κ3) is 3.88. The van der Waals surface area contributed by atoms with Crippen LogP contribution in [0.2, 0.25) is 0 Å². The van der Waals surface area contributed by atoms with E-state index in [1.54, 1.807) is 0 Å². The summed E-state index contributed by atoms with van der Waals surface area (Å²) >= 11 is 0. The van der Waals surface area contributed by atoms with Crippen molar-refractivity contribution in [3.63, 3.8) is 0 Å². The van der Waals surface area contributed by atoms with Crippen molar-refractivity contribution in [2.75, 3.05) is 0 Å². The average Bonchev–Trinajstić information content (AvgIpc) is 1.82. The maximum atomic E-state index is 10.2. The van der Waals surface area contributed by atoms with Gasteiger partial charge in [-0.15, -0.1) is 0 Å². The van der Waals surface area contributed by atoms with Crippen LogP contribution in [-0.2, 0) is 9.63 Å². The van der Waals surface area contributed by atoms with Crippen molar-refractivity contribution in [2.45, 2.75) is 20.8 Å². The minimum Gasteiger partial charge on any atom is -0.384 e. The molecule has 0 fully saturated rings. The molecular formula is C6H12N2O2. The van der Waals surface area contributed by atoms with E-state index in [-0.39, 0.29) is 5.92 Å². The first-order valence-electron chi connectivity index (χ1n) is 3.05. The van der Waals surface area contributed by atoms with Gasteiger partial charge in [0.2, 0.25) is 0 Å². The van der Waals surface area contributed by atoms with E-state index < -0.39 is 5.97 Å². The van der Waals surface area contributed by atoms with Gasteiger partial charge >= 0.3 is 5.97 Å². The quantitative estimate of drug-likeness (QED) is 0.265. The van der Waals surface area contributed by atoms with Crippen LogP contribution in [0, 0.1) is 5.92 Å². The standard InChI is InChI=1S/C6H12N2O2/c1-4(2)6(7)8-10-5(3)9/h4H,1-3H3,(H2,7,8). The van der Waals surface area contributed by atoms with Crippen molar-refractivity contribution in [1.29, 1.82) is 0 Å². The van der Waals surface area contributed by atoms with Gasteiger partial charge in [-0.3, -0.25) is 0 Å². The Morgan fingerprint density at radius 1 is 1.60 bits per heavy atom. The maximum absolute atomic E-state index is 10.2. The Morgan fingerprint density at radius 3 is 2.40 bits per heavy atom. The predicted molar refractivity (Wildman–Crippen MR) is 38.2 cm³/mol. The molecular weight excluding hydrogens is 132 g/mol. The summed E-state index contributed by atoms with van der Waals surface area (Å²) in [5, 5.41) is 3.37. The number of nitrogens with two attached hydrogens (primary N) is 1. The second kappa shape index (κ2) is 3.87. The highest BCUT2D eigenvalue weighted by Crippen LogP contribution is 1.91. The maximum Gasteiger partial charge on any atom is 0.332 e. The van der Waals surface area contributed by atoms with Gasteiger partial charge in [0, 0.05) is 12.8 Å². The molecule has 0 saturated carbocycles. The second-order valence-corrected chi connectivity index (χ2v) is 2.25. The zero-order valence-corrected chi connectivity index (χ0v) is 6.42. The molecule has 0 amide bonds. The van der Waals surface area contributed by atoms with Crippen molar-refractivity contribution >= 4 is 11.8 Å². The summed E-state index contributed by atoms with van der Waals surface area (Å²) in [6, 6.07) is 0. The first-order chi connectivity index (χ1) is 4.54. The number of hydrogen-bond acceptors (Lipinski definition) is 3. The summed E-state index contributed by atoms with van der Waals surface area (Å²) in [5.74, 6) is -0.0156. The monoisotopic (exact) mass is 144 g/mol. The number of hydrogen-bond donors (Lipinski definition) is 1. The third-order valence-electron chi connectivity index (χ3n) is 0.871. The molecule has 10 heavy (non-hydrogen) atoms. The number of nitrogens with zero attached hydrogens (tertiary/aromatic N) is 1. The van der Waals surface area contributed by atoms with Crippen LogP contribution in [0.5, 0.6) is 0 Å². The lowest BCUT2D eigenvalue weighted by Gasteiger charge is -2.00. The zero-order valence-electron chi connectivity index (χ0n) is 6.42. The Kier molecular flexibility index (Phi) is 3.46. The summed E-state index contributed by atoms with van der Waals surface area (Å²) in [7, 11) is 0. The van der Waals surface area contributed by atoms with Gasteiger partial charge in [0.15, 0.2) is 0 Å². The molecule has 0 spiro atoms. The molecule has 58 valence electrons. The fraction of sp³-hybridized carbons (Fsp3) is 0.667. The van der Waals surface area contributed by atoms with Crippen molar-refractivity contribution in [2.24, 2.45) is 16.8 Å². The van der Waals surface area contributed by atoms with Gasteiger partial charge in [0.05, 0.1) is 0 Å². The van der Waals surface area contributed by atoms with Gasteiger partial charge in [-0.2, -0.15) is 0 Å². The summed E-state index contributed by atoms with van der Waals surface area (Å²) in [6.07, 6.45) is 0. The number of carbonyl (C=O) groups excluding carboxylic acids is 1. The molecule has 0 bridgehead atoms. The Balaban J connectivity index is 3.80. The molecule has 0 aromatic rings. The Morgan fingerprint density at radius 2 is 2.10 bits per heavy atom. The largest absolute Gasteiger partial charge is 0.384 e. The summed E-state index contributed by atoms with van der Waals surface area (Å²) < 4.78 is 0. The summed E-state index contributed by atoms with van der Waals surface area (Å²) in [4.78, 5) is 14.5. The molecule has 0 saturated heterocycles. The number of carbonyl (C=O) groups is 1. The van der Waals surface area contributed by atoms with Gasteiger partial charge in [-0.25, -0.2) is 4.79 Å². The first kappa shape index (κ1) is 8.94. The van der Waals surface area contributed by atoms with Crippen LogP contribution in [0.3, 0.4) is 0 Å². The fourth-order valence-electron chi connectivity index (χ4n) is 0.222. The van der Waals surface area contributed by atoms with E-state index in [2.05, 4.69) is 9.99 Å². The minimum absolute atomic E-state index is 0.111. The SMILES string of the molecule is CC(=O)O/N=C(\N)C(C)C. The smallest absolute Gasteiger partial charge is 0.332 e. The molecule has 0 aliphatic heterocycles. The van der Waals surface area contributed by atoms with Gasteiger partial charge in [0.25, 0.3) is 0 Å². The highest BCUT2D eigenvalue weighted by molar-refractivity contribution is 5.82. The lowest BCUT2D eigenvalue weighted by molar-refractivity contribution is -0.141. The molecule has 0 aromatic heterocycles. The van der Waals surface area contributed by atoms with E-state index in [0.717, 1.165) is 0 Å². The summed E-state index contributed by atoms with van der Waals surface area (Å²) in [5.41, 5.74) is 5.34. The van der Waals surface area contributed by atoms with Gasteiger partial charge in [-0.05, 0) is 0 Å². The minimum atomic E-state index is -0.455. The second-order valence-electron chi connectivity index (χ2n) is 2.25. The van der Waals surface area contributed by atoms with Crippen LogP contribution in [-0.4, -0.2) is 11.8 Å². The van der Waals surface area contributed by atoms with Gasteiger partial charge in [-0.1, -0.05) is 19.0 Å². The van der Waals surface area contributed by atoms with E-state index in [1.165, 1.54) is 6.92 Å². The molecule has 0 aliphatic carbocycles. The highest BCUT2D eigenvalue weighted by Gasteiger charge is 1.99. The molecule has 0 aromatic carbocycles. The number of oxime groups is 1. The first-order valence-corrected chi connectivity index (χ1v) is 3.05. The van der Waals surface area contributed by atoms with Crippen LogP contribution in [0.4, 0.5) is 0 Å². The molecule has 4 nitrogen and oxygen atoms in total. The number of rotatable bonds is 2. The molecule has 0 unspecified atom stereocenters. The van der Waals surface area contributed by atoms with Crippen molar-refractivity contribution in [3.8, 4) is 0 Å². The lowest BCUT2D eigenvalue weighted by atomic mass is 10.2. The predicted octanol–water partition coefficient (Wildman–Crippen LogP) is 0.478. The third-order valence-corrected chi connectivity index (χ3v) is 0.871. The van der Waals surface area contributed by atoms with Crippen LogP contribution in [0.1, 0.15) is 20.8 Å². The Bertz CT molecular complexity index is 152. The summed E-state index contributed by atoms with van der Waals surface area (Å²) in [6.45, 7) is 5.00. The van der Waals surface area contributed by atoms with Crippen molar-refractivity contribution in [1.82, 2.24) is 0 Å².